The van der Waals surface area contributed by atoms with E-state index in [-0.39, 0.29) is 5.12 Å². The molecule has 0 saturated carbocycles. The second-order valence-corrected chi connectivity index (χ2v) is 18.1. The van der Waals surface area contributed by atoms with Crippen molar-refractivity contribution < 1.29 is 0 Å². The van der Waals surface area contributed by atoms with Gasteiger partial charge in [0.1, 0.15) is 4.17 Å². The van der Waals surface area contributed by atoms with Crippen LogP contribution in [0.4, 0.5) is 0 Å². The van der Waals surface area contributed by atoms with Crippen LogP contribution >= 0.6 is 71.9 Å². The molecule has 0 rings (SSSR count). The van der Waals surface area contributed by atoms with E-state index >= 15 is 0 Å². The third kappa shape index (κ3) is 6.82. The molecule has 0 aliphatic rings. The van der Waals surface area contributed by atoms with Gasteiger partial charge in [0.15, 0.2) is 9.95 Å². The van der Waals surface area contributed by atoms with E-state index in [0.717, 1.165) is 0 Å². The van der Waals surface area contributed by atoms with Crippen molar-refractivity contribution in [1.29, 1.82) is 0 Å². The molecule has 0 N–H and O–H groups in total. The van der Waals surface area contributed by atoms with Crippen LogP contribution in [0.3, 0.4) is 0 Å². The molecular weight excluding hydrogens is 403 g/mol. The molecule has 0 bridgehead atoms. The molecule has 0 aliphatic heterocycles. The monoisotopic (exact) mass is 422 g/mol. The van der Waals surface area contributed by atoms with Gasteiger partial charge in [-0.15, -0.1) is 0 Å². The lowest BCUT2D eigenvalue weighted by Gasteiger charge is -2.26. The van der Waals surface area contributed by atoms with Crippen LogP contribution in [0.2, 0.25) is 0 Å². The van der Waals surface area contributed by atoms with Crippen molar-refractivity contribution in [2.45, 2.75) is 9.95 Å². The Bertz CT molecular complexity index is 198. The summed E-state index contributed by atoms with van der Waals surface area (Å²) >= 11 is 20.5. The van der Waals surface area contributed by atoms with Gasteiger partial charge in [-0.3, -0.25) is 0 Å². The van der Waals surface area contributed by atoms with Crippen LogP contribution in [-0.2, 0) is 0 Å². The summed E-state index contributed by atoms with van der Waals surface area (Å²) in [6, 6.07) is 0. The summed E-state index contributed by atoms with van der Waals surface area (Å²) in [5.74, 6) is 0. The van der Waals surface area contributed by atoms with Gasteiger partial charge in [-0.05, 0) is 22.6 Å². The summed E-state index contributed by atoms with van der Waals surface area (Å²) < 4.78 is 1.28. The van der Waals surface area contributed by atoms with Gasteiger partial charge in [0.25, 0.3) is 0 Å². The van der Waals surface area contributed by atoms with Gasteiger partial charge in [0.05, 0.1) is 25.7 Å². The van der Waals surface area contributed by atoms with E-state index in [9.17, 15) is 0 Å². The Morgan fingerprint density at radius 1 is 1.00 bits per heavy atom. The lowest BCUT2D eigenvalue weighted by atomic mass is 10.9. The first-order chi connectivity index (χ1) is 6.62. The highest BCUT2D eigenvalue weighted by Crippen LogP contribution is 2.64. The third-order valence-electron chi connectivity index (χ3n) is 2.48. The van der Waals surface area contributed by atoms with E-state index in [2.05, 4.69) is 49.3 Å². The summed E-state index contributed by atoms with van der Waals surface area (Å²) in [6.45, 7) is 9.33. The lowest BCUT2D eigenvalue weighted by Crippen LogP contribution is -2.18. The highest BCUT2D eigenvalue weighted by Gasteiger charge is 2.41. The smallest absolute Gasteiger partial charge is 0.0995 e. The number of hydrogen-bond acceptors (Lipinski definition) is 0. The second-order valence-electron chi connectivity index (χ2n) is 4.99. The molecule has 0 aromatic carbocycles. The summed E-state index contributed by atoms with van der Waals surface area (Å²) in [4.78, 5) is -0.434. The van der Waals surface area contributed by atoms with Crippen molar-refractivity contribution in [3.05, 3.63) is 0 Å². The zero-order valence-corrected chi connectivity index (χ0v) is 15.9. The van der Waals surface area contributed by atoms with Crippen LogP contribution in [0, 0.1) is 0 Å². The molecule has 0 unspecified atom stereocenters. The Balaban J connectivity index is 4.27. The molecule has 0 heterocycles. The first kappa shape index (κ1) is 17.5. The van der Waals surface area contributed by atoms with Crippen LogP contribution < -0.4 is 0 Å². The van der Waals surface area contributed by atoms with Gasteiger partial charge in [-0.1, -0.05) is 34.8 Å². The molecule has 6 heteroatoms. The Morgan fingerprint density at radius 3 is 1.80 bits per heavy atom. The zero-order valence-electron chi connectivity index (χ0n) is 9.68. The first-order valence-electron chi connectivity index (χ1n) is 4.75. The van der Waals surface area contributed by atoms with Crippen molar-refractivity contribution in [3.63, 3.8) is 0 Å². The molecule has 0 aromatic rings. The quantitative estimate of drug-likeness (QED) is 0.309. The van der Waals surface area contributed by atoms with Crippen molar-refractivity contribution in [1.82, 2.24) is 0 Å². The number of rotatable bonds is 6. The fourth-order valence-corrected chi connectivity index (χ4v) is 9.37. The molecule has 92 valence electrons. The van der Waals surface area contributed by atoms with Gasteiger partial charge >= 0.3 is 0 Å². The summed E-state index contributed by atoms with van der Waals surface area (Å²) in [7, 11) is -1.89. The van der Waals surface area contributed by atoms with Crippen LogP contribution in [0.15, 0.2) is 0 Å². The molecule has 0 spiro atoms. The van der Waals surface area contributed by atoms with E-state index in [1.165, 1.54) is 16.5 Å². The molecule has 0 fully saturated rings. The van der Waals surface area contributed by atoms with Gasteiger partial charge in [0.2, 0.25) is 0 Å². The predicted molar refractivity (Wildman–Crippen MR) is 91.3 cm³/mol. The van der Waals surface area contributed by atoms with Gasteiger partial charge < -0.3 is 0 Å². The van der Waals surface area contributed by atoms with Crippen LogP contribution in [0.1, 0.15) is 0 Å². The van der Waals surface area contributed by atoms with Crippen molar-refractivity contribution in [2.75, 3.05) is 43.2 Å². The highest BCUT2D eigenvalue weighted by molar-refractivity contribution is 14.1. The van der Waals surface area contributed by atoms with Gasteiger partial charge in [-0.25, -0.2) is 0 Å². The lowest BCUT2D eigenvalue weighted by molar-refractivity contribution is 1.24. The molecule has 0 amide bonds. The fraction of sp³-hybridized carbons (Fsp3) is 1.00. The van der Waals surface area contributed by atoms with E-state index in [0.29, 0.717) is 0 Å². The molecule has 1 atom stereocenters. The molecule has 0 aliphatic carbocycles. The second kappa shape index (κ2) is 7.15. The number of hydrogen-bond donors (Lipinski definition) is 0. The zero-order chi connectivity index (χ0) is 12.3. The maximum Gasteiger partial charge on any atom is 0.171 e. The summed E-state index contributed by atoms with van der Waals surface area (Å²) in [6.07, 6.45) is 2.52. The van der Waals surface area contributed by atoms with Gasteiger partial charge in [0, 0.05) is 27.9 Å². The average Bonchev–Trinajstić information content (AvgIpc) is 2.14. The minimum atomic E-state index is -1.17. The topological polar surface area (TPSA) is 0 Å². The Morgan fingerprint density at radius 2 is 1.47 bits per heavy atom. The van der Waals surface area contributed by atoms with E-state index < -0.39 is 19.4 Å². The molecule has 0 radical (unpaired) electrons. The maximum atomic E-state index is 6.28. The van der Waals surface area contributed by atoms with Gasteiger partial charge in [-0.2, -0.15) is 0 Å². The first-order valence-corrected chi connectivity index (χ1v) is 13.6. The third-order valence-corrected chi connectivity index (χ3v) is 16.4. The molecular formula is C9H20Cl3IP2+2. The van der Waals surface area contributed by atoms with E-state index in [4.69, 9.17) is 34.8 Å². The SMILES string of the molecule is C[P+](C)(CI)CC[P+](C)(C)[C@H](Cl)C(Cl)Cl. The Hall–Kier alpha value is 2.46. The van der Waals surface area contributed by atoms with Crippen LogP contribution in [-0.4, -0.2) is 53.1 Å². The average molecular weight is 423 g/mol. The standard InChI is InChI=1S/C9H20Cl3IP2/c1-14(2,7-13)5-6-15(3,4)9(12)8(10)11/h8-9H,5-7H2,1-4H3/q+2/t9-/m0/s1. The maximum absolute atomic E-state index is 6.28. The largest absolute Gasteiger partial charge is 0.171 e. The predicted octanol–water partition coefficient (Wildman–Crippen LogP) is 5.30. The summed E-state index contributed by atoms with van der Waals surface area (Å²) in [5, 5.41) is -0.0601. The number of halogens is 4. The number of alkyl halides is 4. The van der Waals surface area contributed by atoms with Crippen molar-refractivity contribution in [2.24, 2.45) is 0 Å². The normalized spacial score (nSPS) is 15.8. The fourth-order valence-electron chi connectivity index (χ4n) is 1.02. The van der Waals surface area contributed by atoms with Crippen LogP contribution in [0.25, 0.3) is 0 Å². The molecule has 0 nitrogen and oxygen atoms in total. The minimum absolute atomic E-state index is 0.0601. The minimum Gasteiger partial charge on any atom is -0.0995 e. The highest BCUT2D eigenvalue weighted by atomic mass is 127. The molecule has 0 saturated heterocycles. The van der Waals surface area contributed by atoms with Crippen LogP contribution in [0.5, 0.6) is 0 Å². The van der Waals surface area contributed by atoms with Crippen molar-refractivity contribution >= 4 is 71.9 Å². The Labute approximate surface area is 124 Å². The Kier molecular flexibility index (Phi) is 8.32. The molecule has 0 aromatic heterocycles. The molecule has 15 heavy (non-hydrogen) atoms. The summed E-state index contributed by atoms with van der Waals surface area (Å²) in [5.41, 5.74) is 0. The van der Waals surface area contributed by atoms with E-state index in [1.54, 1.807) is 0 Å². The van der Waals surface area contributed by atoms with E-state index in [1.807, 2.05) is 0 Å². The van der Waals surface area contributed by atoms with Crippen molar-refractivity contribution in [3.8, 4) is 0 Å².